The van der Waals surface area contributed by atoms with E-state index in [1.54, 1.807) is 11.1 Å². The van der Waals surface area contributed by atoms with Gasteiger partial charge < -0.3 is 35.2 Å². The maximum atomic E-state index is 13.6. The average molecular weight is 614 g/mol. The molecule has 2 fully saturated rings. The maximum Gasteiger partial charge on any atom is 0.306 e. The highest BCUT2D eigenvalue weighted by atomic mass is 32.1. The molecule has 43 heavy (non-hydrogen) atoms. The smallest absolute Gasteiger partial charge is 0.306 e. The lowest BCUT2D eigenvalue weighted by Gasteiger charge is -2.41. The minimum Gasteiger partial charge on any atom is -0.481 e. The van der Waals surface area contributed by atoms with Crippen LogP contribution in [0.3, 0.4) is 0 Å². The van der Waals surface area contributed by atoms with Gasteiger partial charge in [-0.25, -0.2) is 9.98 Å². The van der Waals surface area contributed by atoms with E-state index >= 15 is 0 Å². The van der Waals surface area contributed by atoms with E-state index in [2.05, 4.69) is 14.9 Å². The number of nitrogens with zero attached hydrogens (tertiary/aromatic N) is 4. The number of fused-ring (bicyclic) bond motifs is 1. The maximum absolute atomic E-state index is 13.6. The molecule has 4 N–H and O–H groups in total. The molecule has 5 rings (SSSR count). The number of hydrogen-bond donors (Lipinski definition) is 3. The van der Waals surface area contributed by atoms with Gasteiger partial charge in [0, 0.05) is 56.4 Å². The summed E-state index contributed by atoms with van der Waals surface area (Å²) in [6.45, 7) is 1.98. The summed E-state index contributed by atoms with van der Waals surface area (Å²) in [6.07, 6.45) is 6.66. The number of aromatic nitrogens is 1. The van der Waals surface area contributed by atoms with Gasteiger partial charge in [-0.05, 0) is 63.0 Å². The van der Waals surface area contributed by atoms with Crippen LogP contribution in [0.4, 0.5) is 5.69 Å². The Kier molecular flexibility index (Phi) is 11.7. The second-order valence-corrected chi connectivity index (χ2v) is 11.4. The SMILES string of the molecule is NC1=Nc2cnc(Oc3ccccc3)cc2CN1[C@@H](CCC(=O)N(CCO)C1CCC(C(=O)O)CC1)C1CCOCC1.S. The highest BCUT2D eigenvalue weighted by Crippen LogP contribution is 2.35. The lowest BCUT2D eigenvalue weighted by Crippen LogP contribution is -2.50. The number of aliphatic carboxylic acids is 1. The van der Waals surface area contributed by atoms with Gasteiger partial charge >= 0.3 is 5.97 Å². The molecule has 0 radical (unpaired) electrons. The van der Waals surface area contributed by atoms with Gasteiger partial charge in [0.15, 0.2) is 5.96 Å². The number of aliphatic hydroxyl groups is 1. The first-order valence-corrected chi connectivity index (χ1v) is 15.0. The monoisotopic (exact) mass is 613 g/mol. The molecule has 1 saturated heterocycles. The molecule has 1 saturated carbocycles. The Hall–Kier alpha value is -3.35. The fraction of sp³-hybridized carbons (Fsp3) is 0.548. The second-order valence-electron chi connectivity index (χ2n) is 11.4. The van der Waals surface area contributed by atoms with E-state index in [0.29, 0.717) is 81.6 Å². The average Bonchev–Trinajstić information content (AvgIpc) is 3.01. The van der Waals surface area contributed by atoms with Crippen molar-refractivity contribution in [2.24, 2.45) is 22.6 Å². The van der Waals surface area contributed by atoms with Crippen molar-refractivity contribution in [2.45, 2.75) is 70.0 Å². The van der Waals surface area contributed by atoms with Gasteiger partial charge in [-0.3, -0.25) is 9.59 Å². The normalized spacial score (nSPS) is 21.1. The lowest BCUT2D eigenvalue weighted by molar-refractivity contribution is -0.143. The van der Waals surface area contributed by atoms with Crippen molar-refractivity contribution in [1.29, 1.82) is 0 Å². The van der Waals surface area contributed by atoms with E-state index in [0.717, 1.165) is 18.4 Å². The minimum absolute atomic E-state index is 0. The van der Waals surface area contributed by atoms with Crippen molar-refractivity contribution in [3.05, 3.63) is 48.2 Å². The largest absolute Gasteiger partial charge is 0.481 e. The number of carboxylic acid groups (broad SMARTS) is 1. The molecule has 11 nitrogen and oxygen atoms in total. The predicted octanol–water partition coefficient (Wildman–Crippen LogP) is 3.79. The fourth-order valence-electron chi connectivity index (χ4n) is 6.51. The quantitative estimate of drug-likeness (QED) is 0.344. The Morgan fingerprint density at radius 1 is 1.12 bits per heavy atom. The first-order valence-electron chi connectivity index (χ1n) is 15.0. The van der Waals surface area contributed by atoms with E-state index in [1.165, 1.54) is 0 Å². The molecule has 1 aromatic heterocycles. The molecule has 1 amide bonds. The van der Waals surface area contributed by atoms with Crippen LogP contribution in [-0.2, 0) is 20.9 Å². The minimum atomic E-state index is -0.773. The van der Waals surface area contributed by atoms with Gasteiger partial charge in [-0.1, -0.05) is 18.2 Å². The van der Waals surface area contributed by atoms with Gasteiger partial charge in [0.2, 0.25) is 11.8 Å². The van der Waals surface area contributed by atoms with Crippen LogP contribution in [0.25, 0.3) is 0 Å². The summed E-state index contributed by atoms with van der Waals surface area (Å²) in [6, 6.07) is 11.3. The third-order valence-electron chi connectivity index (χ3n) is 8.79. The summed E-state index contributed by atoms with van der Waals surface area (Å²) < 4.78 is 11.6. The Morgan fingerprint density at radius 2 is 1.84 bits per heavy atom. The zero-order chi connectivity index (χ0) is 29.5. The summed E-state index contributed by atoms with van der Waals surface area (Å²) >= 11 is 0. The molecule has 234 valence electrons. The van der Waals surface area contributed by atoms with Gasteiger partial charge in [-0.2, -0.15) is 13.5 Å². The highest BCUT2D eigenvalue weighted by Gasteiger charge is 2.35. The third kappa shape index (κ3) is 8.18. The number of amides is 1. The lowest BCUT2D eigenvalue weighted by atomic mass is 9.84. The molecule has 1 atom stereocenters. The van der Waals surface area contributed by atoms with Gasteiger partial charge in [-0.15, -0.1) is 0 Å². The molecule has 0 spiro atoms. The molecule has 3 heterocycles. The number of carbonyl (C=O) groups is 2. The molecule has 3 aliphatic rings. The summed E-state index contributed by atoms with van der Waals surface area (Å²) in [4.78, 5) is 37.9. The van der Waals surface area contributed by atoms with Gasteiger partial charge in [0.05, 0.1) is 24.4 Å². The van der Waals surface area contributed by atoms with Crippen molar-refractivity contribution in [1.82, 2.24) is 14.8 Å². The number of hydrogen-bond acceptors (Lipinski definition) is 9. The molecule has 1 aromatic carbocycles. The predicted molar refractivity (Wildman–Crippen MR) is 167 cm³/mol. The van der Waals surface area contributed by atoms with Crippen LogP contribution >= 0.6 is 13.5 Å². The Bertz CT molecular complexity index is 1250. The van der Waals surface area contributed by atoms with Gasteiger partial charge in [0.1, 0.15) is 5.75 Å². The second kappa shape index (κ2) is 15.4. The molecule has 1 aliphatic carbocycles. The number of benzene rings is 1. The van der Waals surface area contributed by atoms with Crippen LogP contribution in [0.15, 0.2) is 47.6 Å². The van der Waals surface area contributed by atoms with Crippen LogP contribution in [0.2, 0.25) is 0 Å². The van der Waals surface area contributed by atoms with Crippen molar-refractivity contribution >= 4 is 37.0 Å². The first-order chi connectivity index (χ1) is 20.4. The van der Waals surface area contributed by atoms with E-state index in [-0.39, 0.29) is 56.5 Å². The molecular formula is C31H43N5O6S. The van der Waals surface area contributed by atoms with Crippen LogP contribution in [0.1, 0.15) is 56.9 Å². The van der Waals surface area contributed by atoms with E-state index in [9.17, 15) is 19.8 Å². The molecule has 2 aromatic rings. The Balaban J connectivity index is 0.00000423. The number of nitrogens with two attached hydrogens (primary N) is 1. The summed E-state index contributed by atoms with van der Waals surface area (Å²) in [5.74, 6) is 0.711. The van der Waals surface area contributed by atoms with E-state index < -0.39 is 5.97 Å². The third-order valence-corrected chi connectivity index (χ3v) is 8.79. The Labute approximate surface area is 259 Å². The molecule has 2 aliphatic heterocycles. The van der Waals surface area contributed by atoms with Crippen LogP contribution in [0.5, 0.6) is 11.6 Å². The number of guanidine groups is 1. The molecule has 0 unspecified atom stereocenters. The summed E-state index contributed by atoms with van der Waals surface area (Å²) in [7, 11) is 0. The van der Waals surface area contributed by atoms with Crippen molar-refractivity contribution in [3.8, 4) is 11.6 Å². The zero-order valence-corrected chi connectivity index (χ0v) is 25.4. The fourth-order valence-corrected chi connectivity index (χ4v) is 6.51. The number of pyridine rings is 1. The van der Waals surface area contributed by atoms with Crippen LogP contribution in [0, 0.1) is 11.8 Å². The van der Waals surface area contributed by atoms with Crippen molar-refractivity contribution in [3.63, 3.8) is 0 Å². The van der Waals surface area contributed by atoms with E-state index in [4.69, 9.17) is 15.2 Å². The molecular weight excluding hydrogens is 570 g/mol. The number of aliphatic hydroxyl groups excluding tert-OH is 1. The number of rotatable bonds is 11. The van der Waals surface area contributed by atoms with E-state index in [1.807, 2.05) is 36.4 Å². The standard InChI is InChI=1S/C31H41N5O6.H2S/c32-31-34-26-19-33-28(42-25-4-2-1-3-5-25)18-23(26)20-36(31)27(21-12-16-41-17-13-21)10-11-29(38)35(14-15-37)24-8-6-22(7-9-24)30(39)40;/h1-5,18-19,21-22,24,27,37H,6-17,20H2,(H2,32,34)(H,39,40);1H2/t22?,24?,27-;/m0./s1. The zero-order valence-electron chi connectivity index (χ0n) is 24.4. The number of carboxylic acids is 1. The number of ether oxygens (including phenoxy) is 2. The Morgan fingerprint density at radius 3 is 2.51 bits per heavy atom. The van der Waals surface area contributed by atoms with Gasteiger partial charge in [0.25, 0.3) is 0 Å². The topological polar surface area (TPSA) is 151 Å². The summed E-state index contributed by atoms with van der Waals surface area (Å²) in [5, 5.41) is 19.1. The van der Waals surface area contributed by atoms with Crippen LogP contribution < -0.4 is 10.5 Å². The van der Waals surface area contributed by atoms with Crippen LogP contribution in [-0.4, -0.2) is 81.3 Å². The molecule has 0 bridgehead atoms. The number of para-hydroxylation sites is 1. The number of carbonyl (C=O) groups excluding carboxylic acids is 1. The van der Waals surface area contributed by atoms with Crippen molar-refractivity contribution < 1.29 is 29.3 Å². The highest BCUT2D eigenvalue weighted by molar-refractivity contribution is 7.59. The summed E-state index contributed by atoms with van der Waals surface area (Å²) in [5.41, 5.74) is 8.20. The van der Waals surface area contributed by atoms with Crippen molar-refractivity contribution in [2.75, 3.05) is 26.4 Å². The number of aliphatic imine (C=N–C) groups is 1. The molecule has 12 heteroatoms. The first kappa shape index (κ1) is 32.6.